The molecule has 0 aliphatic rings. The highest BCUT2D eigenvalue weighted by Gasteiger charge is 2.10. The molecule has 0 aliphatic carbocycles. The molecule has 2 heterocycles. The Morgan fingerprint density at radius 2 is 2.00 bits per heavy atom. The van der Waals surface area contributed by atoms with E-state index in [2.05, 4.69) is 16.9 Å². The van der Waals surface area contributed by atoms with Crippen LogP contribution in [-0.4, -0.2) is 26.9 Å². The molecule has 0 atom stereocenters. The largest absolute Gasteiger partial charge is 0.494 e. The second-order valence-corrected chi connectivity index (χ2v) is 5.72. The fraction of sp³-hybridized carbons (Fsp3) is 0.263. The molecule has 6 nitrogen and oxygen atoms in total. The molecular formula is C19H19N3O3. The topological polar surface area (TPSA) is 74.1 Å². The normalized spacial score (nSPS) is 10.8. The Balaban J connectivity index is 1.74. The minimum Gasteiger partial charge on any atom is -0.494 e. The van der Waals surface area contributed by atoms with Crippen LogP contribution in [0.1, 0.15) is 30.1 Å². The summed E-state index contributed by atoms with van der Waals surface area (Å²) in [6.45, 7) is 2.71. The lowest BCUT2D eigenvalue weighted by molar-refractivity contribution is 0.0970. The lowest BCUT2D eigenvalue weighted by atomic mass is 10.1. The van der Waals surface area contributed by atoms with Gasteiger partial charge in [-0.05, 0) is 36.8 Å². The van der Waals surface area contributed by atoms with Crippen molar-refractivity contribution in [2.45, 2.75) is 26.3 Å². The van der Waals surface area contributed by atoms with Crippen molar-refractivity contribution >= 4 is 16.7 Å². The van der Waals surface area contributed by atoms with Crippen molar-refractivity contribution in [1.29, 1.82) is 0 Å². The summed E-state index contributed by atoms with van der Waals surface area (Å²) in [6.07, 6.45) is 6.51. The third-order valence-electron chi connectivity index (χ3n) is 3.88. The van der Waals surface area contributed by atoms with E-state index in [-0.39, 0.29) is 17.9 Å². The van der Waals surface area contributed by atoms with Gasteiger partial charge >= 0.3 is 0 Å². The Bertz CT molecular complexity index is 933. The Labute approximate surface area is 145 Å². The van der Waals surface area contributed by atoms with Gasteiger partial charge in [-0.1, -0.05) is 13.3 Å². The zero-order chi connectivity index (χ0) is 17.6. The van der Waals surface area contributed by atoms with E-state index >= 15 is 0 Å². The SMILES string of the molecule is CCCCOc1ccc(C(=O)Cn2cnc3cnccc3c2=O)cc1. The number of rotatable bonds is 7. The van der Waals surface area contributed by atoms with Crippen LogP contribution in [0.15, 0.2) is 53.8 Å². The first-order chi connectivity index (χ1) is 12.2. The number of hydrogen-bond acceptors (Lipinski definition) is 5. The van der Waals surface area contributed by atoms with Gasteiger partial charge in [-0.15, -0.1) is 0 Å². The van der Waals surface area contributed by atoms with Crippen LogP contribution >= 0.6 is 0 Å². The van der Waals surface area contributed by atoms with E-state index in [4.69, 9.17) is 4.74 Å². The van der Waals surface area contributed by atoms with Crippen molar-refractivity contribution in [2.75, 3.05) is 6.61 Å². The number of Topliss-reactive ketones (excluding diaryl/α,β-unsaturated/α-hetero) is 1. The highest BCUT2D eigenvalue weighted by atomic mass is 16.5. The predicted molar refractivity (Wildman–Crippen MR) is 95.0 cm³/mol. The van der Waals surface area contributed by atoms with Crippen LogP contribution in [0.5, 0.6) is 5.75 Å². The molecule has 128 valence electrons. The fourth-order valence-corrected chi connectivity index (χ4v) is 2.44. The maximum absolute atomic E-state index is 12.4. The predicted octanol–water partition coefficient (Wildman–Crippen LogP) is 2.85. The number of nitrogens with zero attached hydrogens (tertiary/aromatic N) is 3. The molecule has 0 N–H and O–H groups in total. The molecule has 6 heteroatoms. The molecule has 0 saturated heterocycles. The number of fused-ring (bicyclic) bond motifs is 1. The Morgan fingerprint density at radius 3 is 2.76 bits per heavy atom. The van der Waals surface area contributed by atoms with Crippen LogP contribution < -0.4 is 10.3 Å². The number of ether oxygens (including phenoxy) is 1. The van der Waals surface area contributed by atoms with Crippen LogP contribution in [-0.2, 0) is 6.54 Å². The van der Waals surface area contributed by atoms with Crippen LogP contribution in [0.25, 0.3) is 10.9 Å². The molecule has 25 heavy (non-hydrogen) atoms. The number of benzene rings is 1. The molecule has 2 aromatic heterocycles. The van der Waals surface area contributed by atoms with Gasteiger partial charge in [-0.2, -0.15) is 0 Å². The summed E-state index contributed by atoms with van der Waals surface area (Å²) in [6, 6.07) is 8.58. The van der Waals surface area contributed by atoms with Gasteiger partial charge in [0.2, 0.25) is 0 Å². The highest BCUT2D eigenvalue weighted by molar-refractivity contribution is 5.96. The lowest BCUT2D eigenvalue weighted by Crippen LogP contribution is -2.24. The Kier molecular flexibility index (Phi) is 5.18. The van der Waals surface area contributed by atoms with Crippen LogP contribution in [0, 0.1) is 0 Å². The van der Waals surface area contributed by atoms with Gasteiger partial charge in [0.1, 0.15) is 5.75 Å². The minimum absolute atomic E-state index is 0.0554. The maximum atomic E-state index is 12.4. The van der Waals surface area contributed by atoms with Gasteiger partial charge in [-0.3, -0.25) is 19.1 Å². The van der Waals surface area contributed by atoms with Crippen LogP contribution in [0.4, 0.5) is 0 Å². The van der Waals surface area contributed by atoms with Crippen molar-refractivity contribution in [2.24, 2.45) is 0 Å². The number of ketones is 1. The zero-order valence-electron chi connectivity index (χ0n) is 14.0. The monoisotopic (exact) mass is 337 g/mol. The maximum Gasteiger partial charge on any atom is 0.261 e. The molecular weight excluding hydrogens is 318 g/mol. The molecule has 0 aliphatic heterocycles. The van der Waals surface area contributed by atoms with Gasteiger partial charge < -0.3 is 4.74 Å². The van der Waals surface area contributed by atoms with E-state index in [9.17, 15) is 9.59 Å². The number of hydrogen-bond donors (Lipinski definition) is 0. The average Bonchev–Trinajstić information content (AvgIpc) is 2.65. The smallest absolute Gasteiger partial charge is 0.261 e. The molecule has 0 spiro atoms. The summed E-state index contributed by atoms with van der Waals surface area (Å²) >= 11 is 0. The van der Waals surface area contributed by atoms with Crippen molar-refractivity contribution in [3.05, 3.63) is 65.0 Å². The summed E-state index contributed by atoms with van der Waals surface area (Å²) in [5, 5.41) is 0.449. The second-order valence-electron chi connectivity index (χ2n) is 5.72. The number of aromatic nitrogens is 3. The number of unbranched alkanes of at least 4 members (excludes halogenated alkanes) is 1. The van der Waals surface area contributed by atoms with E-state index < -0.39 is 0 Å². The molecule has 1 aromatic carbocycles. The Hall–Kier alpha value is -3.02. The molecule has 0 unspecified atom stereocenters. The van der Waals surface area contributed by atoms with Gasteiger partial charge in [0.15, 0.2) is 5.78 Å². The molecule has 0 radical (unpaired) electrons. The summed E-state index contributed by atoms with van der Waals surface area (Å²) in [4.78, 5) is 33.0. The van der Waals surface area contributed by atoms with Gasteiger partial charge in [0.05, 0.1) is 36.6 Å². The number of carbonyl (C=O) groups excluding carboxylic acids is 1. The van der Waals surface area contributed by atoms with Crippen LogP contribution in [0.3, 0.4) is 0 Å². The molecule has 0 bridgehead atoms. The summed E-state index contributed by atoms with van der Waals surface area (Å²) < 4.78 is 6.90. The van der Waals surface area contributed by atoms with E-state index in [1.54, 1.807) is 30.3 Å². The zero-order valence-corrected chi connectivity index (χ0v) is 14.0. The standard InChI is InChI=1S/C19H19N3O3/c1-2-3-10-25-15-6-4-14(5-7-15)18(23)12-22-13-21-17-11-20-9-8-16(17)19(22)24/h4-9,11,13H,2-3,10,12H2,1H3. The van der Waals surface area contributed by atoms with Crippen molar-refractivity contribution in [3.8, 4) is 5.75 Å². The highest BCUT2D eigenvalue weighted by Crippen LogP contribution is 2.13. The Morgan fingerprint density at radius 1 is 1.20 bits per heavy atom. The molecule has 0 fully saturated rings. The third kappa shape index (κ3) is 3.91. The first-order valence-corrected chi connectivity index (χ1v) is 8.24. The summed E-state index contributed by atoms with van der Waals surface area (Å²) in [7, 11) is 0. The second kappa shape index (κ2) is 7.70. The minimum atomic E-state index is -0.250. The van der Waals surface area contributed by atoms with E-state index in [0.29, 0.717) is 23.1 Å². The molecule has 0 saturated carbocycles. The van der Waals surface area contributed by atoms with Crippen molar-refractivity contribution in [1.82, 2.24) is 14.5 Å². The van der Waals surface area contributed by atoms with Gasteiger partial charge in [0, 0.05) is 11.8 Å². The van der Waals surface area contributed by atoms with E-state index in [0.717, 1.165) is 18.6 Å². The quantitative estimate of drug-likeness (QED) is 0.489. The van der Waals surface area contributed by atoms with E-state index in [1.165, 1.54) is 23.3 Å². The van der Waals surface area contributed by atoms with Gasteiger partial charge in [0.25, 0.3) is 5.56 Å². The third-order valence-corrected chi connectivity index (χ3v) is 3.88. The molecule has 3 aromatic rings. The molecule has 0 amide bonds. The number of pyridine rings is 1. The number of carbonyl (C=O) groups is 1. The molecule has 3 rings (SSSR count). The van der Waals surface area contributed by atoms with Crippen LogP contribution in [0.2, 0.25) is 0 Å². The summed E-state index contributed by atoms with van der Waals surface area (Å²) in [5.74, 6) is 0.583. The first kappa shape index (κ1) is 16.8. The van der Waals surface area contributed by atoms with Gasteiger partial charge in [-0.25, -0.2) is 4.98 Å². The lowest BCUT2D eigenvalue weighted by Gasteiger charge is -2.08. The average molecular weight is 337 g/mol. The first-order valence-electron chi connectivity index (χ1n) is 8.24. The fourth-order valence-electron chi connectivity index (χ4n) is 2.44. The van der Waals surface area contributed by atoms with Crippen molar-refractivity contribution < 1.29 is 9.53 Å². The summed E-state index contributed by atoms with van der Waals surface area (Å²) in [5.41, 5.74) is 0.801. The van der Waals surface area contributed by atoms with Crippen molar-refractivity contribution in [3.63, 3.8) is 0 Å². The van der Waals surface area contributed by atoms with E-state index in [1.807, 2.05) is 0 Å².